The van der Waals surface area contributed by atoms with E-state index < -0.39 is 47.1 Å². The number of hydrogen-bond acceptors (Lipinski definition) is 33. The summed E-state index contributed by atoms with van der Waals surface area (Å²) in [7, 11) is 1.60. The van der Waals surface area contributed by atoms with E-state index in [1.165, 1.54) is 17.0 Å². The molecule has 734 valence electrons. The molecule has 3 atom stereocenters. The fraction of sp³-hybridized carbons (Fsp3) is 0.753. The van der Waals surface area contributed by atoms with E-state index in [-0.39, 0.29) is 152 Å². The molecule has 2 aromatic carbocycles. The van der Waals surface area contributed by atoms with E-state index >= 15 is 0 Å². The molecular formula is C89H149N5O34. The summed E-state index contributed by atoms with van der Waals surface area (Å²) >= 11 is 0. The van der Waals surface area contributed by atoms with Crippen LogP contribution >= 0.6 is 0 Å². The minimum Gasteiger partial charge on any atom is -0.508 e. The molecule has 39 nitrogen and oxygen atoms in total. The minimum atomic E-state index is -1.25. The number of unbranched alkanes of at least 4 members (excludes halogenated alkanes) is 1. The molecule has 0 aliphatic carbocycles. The lowest BCUT2D eigenvalue weighted by molar-refractivity contribution is -0.155. The third kappa shape index (κ3) is 67.7. The van der Waals surface area contributed by atoms with Gasteiger partial charge in [0.2, 0.25) is 17.7 Å². The quantitative estimate of drug-likeness (QED) is 0.0272. The molecule has 0 aromatic heterocycles. The van der Waals surface area contributed by atoms with E-state index in [0.717, 1.165) is 19.3 Å². The van der Waals surface area contributed by atoms with Gasteiger partial charge in [-0.1, -0.05) is 37.6 Å². The van der Waals surface area contributed by atoms with E-state index in [4.69, 9.17) is 104 Å². The summed E-state index contributed by atoms with van der Waals surface area (Å²) in [6.45, 7) is 28.9. The van der Waals surface area contributed by atoms with Crippen molar-refractivity contribution in [3.8, 4) is 5.75 Å². The van der Waals surface area contributed by atoms with Crippen LogP contribution < -0.4 is 21.3 Å². The Hall–Kier alpha value is -7.46. The molecule has 0 bridgehead atoms. The van der Waals surface area contributed by atoms with Crippen LogP contribution in [0.25, 0.3) is 0 Å². The topological polar surface area (TPSA) is 466 Å². The van der Waals surface area contributed by atoms with E-state index in [2.05, 4.69) is 21.3 Å². The third-order valence-corrected chi connectivity index (χ3v) is 17.7. The van der Waals surface area contributed by atoms with Crippen LogP contribution in [0.5, 0.6) is 5.75 Å². The predicted molar refractivity (Wildman–Crippen MR) is 466 cm³/mol. The van der Waals surface area contributed by atoms with Gasteiger partial charge in [0.1, 0.15) is 34.6 Å². The maximum Gasteiger partial charge on any atom is 0.407 e. The first kappa shape index (κ1) is 117. The highest BCUT2D eigenvalue weighted by Crippen LogP contribution is 2.25. The van der Waals surface area contributed by atoms with Gasteiger partial charge in [0.25, 0.3) is 11.8 Å². The van der Waals surface area contributed by atoms with E-state index in [0.29, 0.717) is 247 Å². The van der Waals surface area contributed by atoms with Gasteiger partial charge in [-0.15, -0.1) is 0 Å². The molecule has 0 fully saturated rings. The molecule has 2 aromatic rings. The number of amides is 6. The van der Waals surface area contributed by atoms with Gasteiger partial charge in [0.15, 0.2) is 0 Å². The van der Waals surface area contributed by atoms with Crippen LogP contribution in [-0.4, -0.2) is 382 Å². The highest BCUT2D eigenvalue weighted by Gasteiger charge is 2.35. The highest BCUT2D eigenvalue weighted by molar-refractivity contribution is 6.21. The molecule has 0 spiro atoms. The molecule has 1 aliphatic rings. The lowest BCUT2D eigenvalue weighted by Crippen LogP contribution is -2.41. The number of fused-ring (bicyclic) bond motifs is 1. The average Bonchev–Trinajstić information content (AvgIpc) is 1.64. The zero-order valence-electron chi connectivity index (χ0n) is 76.9. The number of carboxylic acid groups (broad SMARTS) is 1. The van der Waals surface area contributed by atoms with Crippen LogP contribution in [0.4, 0.5) is 4.79 Å². The maximum atomic E-state index is 13.2. The first-order chi connectivity index (χ1) is 61.8. The molecule has 0 saturated carbocycles. The number of aromatic hydroxyl groups is 1. The molecule has 1 aliphatic heterocycles. The number of carbonyl (C=O) groups is 10. The number of hydrogen-bond donors (Lipinski definition) is 6. The molecular weight excluding hydrogens is 1680 g/mol. The van der Waals surface area contributed by atoms with Crippen LogP contribution in [0, 0.1) is 5.92 Å². The van der Waals surface area contributed by atoms with Crippen LogP contribution in [0.3, 0.4) is 0 Å². The molecule has 6 amide bonds. The molecule has 1 heterocycles. The number of phenolic OH excluding ortho intramolecular Hbond substituents is 1. The number of phenols is 1. The average molecular weight is 1830 g/mol. The van der Waals surface area contributed by atoms with E-state index in [1.807, 2.05) is 27.7 Å². The summed E-state index contributed by atoms with van der Waals surface area (Å²) in [5.41, 5.74) is 0.239. The number of nitrogens with zero attached hydrogens (tertiary/aromatic N) is 1. The Kier molecular flexibility index (Phi) is 71.3. The smallest absolute Gasteiger partial charge is 0.407 e. The van der Waals surface area contributed by atoms with Crippen molar-refractivity contribution in [2.75, 3.05) is 291 Å². The van der Waals surface area contributed by atoms with Crippen LogP contribution in [0.15, 0.2) is 48.5 Å². The number of benzene rings is 2. The van der Waals surface area contributed by atoms with E-state index in [1.54, 1.807) is 64.2 Å². The number of Topliss-reactive ketones (excluding diaryl/α,β-unsaturated/α-hetero) is 2. The van der Waals surface area contributed by atoms with Crippen LogP contribution in [-0.2, 0) is 138 Å². The fourth-order valence-corrected chi connectivity index (χ4v) is 11.1. The number of rotatable bonds is 85. The highest BCUT2D eigenvalue weighted by atomic mass is 16.6. The third-order valence-electron chi connectivity index (χ3n) is 17.7. The number of aliphatic carboxylic acids is 1. The first-order valence-corrected chi connectivity index (χ1v) is 44.3. The number of alkyl carbamates (subject to hydrolysis) is 1. The van der Waals surface area contributed by atoms with Crippen molar-refractivity contribution in [3.63, 3.8) is 0 Å². The van der Waals surface area contributed by atoms with Crippen LogP contribution in [0.2, 0.25) is 0 Å². The number of carbonyl (C=O) groups excluding carboxylic acids is 9. The van der Waals surface area contributed by atoms with Gasteiger partial charge in [0.05, 0.1) is 281 Å². The number of nitrogens with one attached hydrogen (secondary N) is 4. The summed E-state index contributed by atoms with van der Waals surface area (Å²) in [6.07, 6.45) is 3.16. The van der Waals surface area contributed by atoms with Crippen molar-refractivity contribution in [1.82, 2.24) is 26.2 Å². The van der Waals surface area contributed by atoms with Crippen molar-refractivity contribution in [1.29, 1.82) is 0 Å². The maximum absolute atomic E-state index is 13.2. The number of esters is 1. The van der Waals surface area contributed by atoms with Crippen molar-refractivity contribution in [3.05, 3.63) is 65.2 Å². The Labute approximate surface area is 754 Å². The van der Waals surface area contributed by atoms with Gasteiger partial charge in [-0.2, -0.15) is 0 Å². The SMILES string of the molecule is CC(CCCCNC(=O)OC(C)(C)C)C(=O)CCCOCCOCCOCCOCCC(=O)CC(C(=O)NCCOCCOCCOCCOCCC(=O)NC(CCC(=O)OC(C)(C)C)C(=O)O)c1ccc(O)cc1.CNC(=O)CCOCCOCCOCCOCCOCCOCCOCCOCCOCCOCCOCCOCCN1C(=O)c2ccccc2C1=O. The number of carboxylic acids is 1. The molecule has 6 N–H and O–H groups in total. The Balaban J connectivity index is 0.000000918. The predicted octanol–water partition coefficient (Wildman–Crippen LogP) is 5.45. The number of imide groups is 1. The van der Waals surface area contributed by atoms with Crippen molar-refractivity contribution >= 4 is 59.1 Å². The zero-order valence-corrected chi connectivity index (χ0v) is 76.9. The van der Waals surface area contributed by atoms with Gasteiger partial charge in [-0.05, 0) is 97.1 Å². The van der Waals surface area contributed by atoms with Gasteiger partial charge in [-0.3, -0.25) is 43.3 Å². The van der Waals surface area contributed by atoms with E-state index in [9.17, 15) is 58.2 Å². The van der Waals surface area contributed by atoms with Crippen molar-refractivity contribution in [2.45, 2.75) is 142 Å². The summed E-state index contributed by atoms with van der Waals surface area (Å²) in [4.78, 5) is 123. The summed E-state index contributed by atoms with van der Waals surface area (Å²) in [5, 5.41) is 29.6. The van der Waals surface area contributed by atoms with Gasteiger partial charge in [0, 0.05) is 71.2 Å². The lowest BCUT2D eigenvalue weighted by Gasteiger charge is -2.20. The second kappa shape index (κ2) is 78.2. The second-order valence-corrected chi connectivity index (χ2v) is 30.6. The summed E-state index contributed by atoms with van der Waals surface area (Å²) in [6, 6.07) is 11.7. The largest absolute Gasteiger partial charge is 0.508 e. The molecule has 3 unspecified atom stereocenters. The normalized spacial score (nSPS) is 12.7. The van der Waals surface area contributed by atoms with Gasteiger partial charge < -0.3 is 136 Å². The molecule has 128 heavy (non-hydrogen) atoms. The summed E-state index contributed by atoms with van der Waals surface area (Å²) in [5.74, 6) is -3.99. The molecule has 39 heteroatoms. The number of ketones is 2. The van der Waals surface area contributed by atoms with Crippen molar-refractivity contribution in [2.24, 2.45) is 5.92 Å². The molecule has 3 rings (SSSR count). The molecule has 0 saturated heterocycles. The first-order valence-electron chi connectivity index (χ1n) is 44.3. The lowest BCUT2D eigenvalue weighted by atomic mass is 9.92. The second-order valence-electron chi connectivity index (χ2n) is 30.6. The van der Waals surface area contributed by atoms with Crippen molar-refractivity contribution < 1.29 is 162 Å². The standard InChI is InChI=1S/C53H89N3O19.C36H60N2O15/c1-40(11-8-9-21-55-51(65)75-53(5,6)7)46(59)12-10-23-66-27-31-70-35-36-71-32-28-67-24-19-43(58)39-44(41-13-15-42(57)16-14-41)49(62)54-22-26-69-30-34-73-38-37-72-33-29-68-25-20-47(60)56-45(50(63)64)17-18-48(61)74-52(2,3)4;1-37-34(39)6-8-42-10-12-44-14-16-46-18-20-48-22-24-50-26-28-52-30-31-53-29-27-51-25-23-49-21-19-47-17-15-45-13-11-43-9-7-38-35(40)32-4-2-3-5-33(32)36(38)41/h13-16,40,44-45,57H,8-12,17-39H2,1-7H3,(H,54,62)(H,55,65)(H,56,60)(H,63,64);2-5H,6-31H2,1H3,(H,37,39). The van der Waals surface area contributed by atoms with Gasteiger partial charge in [-0.25, -0.2) is 9.59 Å². The monoisotopic (exact) mass is 1830 g/mol. The summed E-state index contributed by atoms with van der Waals surface area (Å²) < 4.78 is 120. The Morgan fingerprint density at radius 1 is 0.383 bits per heavy atom. The Morgan fingerprint density at radius 3 is 1.12 bits per heavy atom. The number of ether oxygens (including phenoxy) is 22. The Morgan fingerprint density at radius 2 is 0.742 bits per heavy atom. The minimum absolute atomic E-state index is 0.0384. The zero-order chi connectivity index (χ0) is 93.6. The fourth-order valence-electron chi connectivity index (χ4n) is 11.1. The van der Waals surface area contributed by atoms with Crippen LogP contribution in [0.1, 0.15) is 151 Å². The van der Waals surface area contributed by atoms with Gasteiger partial charge >= 0.3 is 18.0 Å². The molecule has 0 radical (unpaired) electrons. The Bertz CT molecular complexity index is 3190.